The maximum Gasteiger partial charge on any atom is 0.274 e. The summed E-state index contributed by atoms with van der Waals surface area (Å²) in [6, 6.07) is 0. The first kappa shape index (κ1) is 8.99. The summed E-state index contributed by atoms with van der Waals surface area (Å²) in [5.41, 5.74) is 0. The molecule has 4 nitrogen and oxygen atoms in total. The van der Waals surface area contributed by atoms with Gasteiger partial charge in [-0.05, 0) is 0 Å². The zero-order valence-corrected chi connectivity index (χ0v) is 7.77. The molecule has 0 aliphatic carbocycles. The van der Waals surface area contributed by atoms with Crippen LogP contribution in [0.3, 0.4) is 0 Å². The number of carbonyl (C=O) groups excluding carboxylic acids is 1. The number of amides is 1. The lowest BCUT2D eigenvalue weighted by atomic mass is 10.4. The van der Waals surface area contributed by atoms with Gasteiger partial charge in [-0.25, -0.2) is 0 Å². The Bertz CT molecular complexity index is 272. The number of hydrogen-bond donors (Lipinski definition) is 1. The molecule has 0 saturated heterocycles. The van der Waals surface area contributed by atoms with Crippen LogP contribution < -0.4 is 10.1 Å². The van der Waals surface area contributed by atoms with Crippen molar-refractivity contribution in [3.05, 3.63) is 5.38 Å². The van der Waals surface area contributed by atoms with Gasteiger partial charge >= 0.3 is 0 Å². The molecule has 0 aliphatic heterocycles. The van der Waals surface area contributed by atoms with Gasteiger partial charge in [-0.3, -0.25) is 4.79 Å². The van der Waals surface area contributed by atoms with Crippen LogP contribution in [0.2, 0.25) is 0 Å². The summed E-state index contributed by atoms with van der Waals surface area (Å²) in [4.78, 5) is 14.9. The third-order valence-corrected chi connectivity index (χ3v) is 2.05. The van der Waals surface area contributed by atoms with Gasteiger partial charge in [-0.2, -0.15) is 4.98 Å². The minimum absolute atomic E-state index is 0.0389. The molecule has 0 bridgehead atoms. The standard InChI is InChI=1S/C7H10N2O2S/c1-3-6(10)8-5-4-12-7(9-5)11-2/h4H,3H2,1-2H3,(H,8,10). The maximum absolute atomic E-state index is 10.9. The number of aromatic nitrogens is 1. The number of rotatable bonds is 3. The van der Waals surface area contributed by atoms with Gasteiger partial charge in [0.1, 0.15) is 5.82 Å². The van der Waals surface area contributed by atoms with E-state index in [1.165, 1.54) is 11.3 Å². The lowest BCUT2D eigenvalue weighted by molar-refractivity contribution is -0.115. The van der Waals surface area contributed by atoms with Gasteiger partial charge in [-0.1, -0.05) is 18.3 Å². The van der Waals surface area contributed by atoms with Crippen molar-refractivity contribution in [1.82, 2.24) is 4.98 Å². The van der Waals surface area contributed by atoms with Crippen molar-refractivity contribution in [3.63, 3.8) is 0 Å². The van der Waals surface area contributed by atoms with Crippen molar-refractivity contribution < 1.29 is 9.53 Å². The van der Waals surface area contributed by atoms with Crippen LogP contribution in [0, 0.1) is 0 Å². The Labute approximate surface area is 74.6 Å². The van der Waals surface area contributed by atoms with Crippen LogP contribution in [-0.4, -0.2) is 18.0 Å². The van der Waals surface area contributed by atoms with Crippen molar-refractivity contribution in [2.75, 3.05) is 12.4 Å². The molecule has 1 amide bonds. The van der Waals surface area contributed by atoms with Crippen LogP contribution in [0.4, 0.5) is 5.82 Å². The highest BCUT2D eigenvalue weighted by molar-refractivity contribution is 7.11. The van der Waals surface area contributed by atoms with E-state index in [0.717, 1.165) is 0 Å². The first-order valence-electron chi connectivity index (χ1n) is 3.55. The second kappa shape index (κ2) is 4.06. The van der Waals surface area contributed by atoms with E-state index in [9.17, 15) is 4.79 Å². The topological polar surface area (TPSA) is 51.2 Å². The monoisotopic (exact) mass is 186 g/mol. The molecule has 5 heteroatoms. The van der Waals surface area contributed by atoms with Crippen LogP contribution in [0.5, 0.6) is 5.19 Å². The van der Waals surface area contributed by atoms with Gasteiger partial charge < -0.3 is 10.1 Å². The lowest BCUT2D eigenvalue weighted by Gasteiger charge is -1.96. The average molecular weight is 186 g/mol. The van der Waals surface area contributed by atoms with E-state index in [0.29, 0.717) is 17.4 Å². The number of anilines is 1. The van der Waals surface area contributed by atoms with Crippen LogP contribution in [0.25, 0.3) is 0 Å². The molecule has 0 saturated carbocycles. The average Bonchev–Trinajstić information content (AvgIpc) is 2.52. The lowest BCUT2D eigenvalue weighted by Crippen LogP contribution is -2.09. The Morgan fingerprint density at radius 3 is 3.08 bits per heavy atom. The van der Waals surface area contributed by atoms with Crippen LogP contribution in [-0.2, 0) is 4.79 Å². The van der Waals surface area contributed by atoms with Crippen molar-refractivity contribution in [2.45, 2.75) is 13.3 Å². The fourth-order valence-electron chi connectivity index (χ4n) is 0.640. The normalized spacial score (nSPS) is 9.50. The van der Waals surface area contributed by atoms with E-state index in [4.69, 9.17) is 4.74 Å². The fraction of sp³-hybridized carbons (Fsp3) is 0.429. The quantitative estimate of drug-likeness (QED) is 0.778. The predicted octanol–water partition coefficient (Wildman–Crippen LogP) is 1.50. The minimum Gasteiger partial charge on any atom is -0.473 e. The minimum atomic E-state index is -0.0389. The summed E-state index contributed by atoms with van der Waals surface area (Å²) in [5.74, 6) is 0.520. The summed E-state index contributed by atoms with van der Waals surface area (Å²) in [5, 5.41) is 4.93. The SMILES string of the molecule is CCC(=O)Nc1csc(OC)n1. The molecule has 66 valence electrons. The Hall–Kier alpha value is -1.10. The predicted molar refractivity (Wildman–Crippen MR) is 47.6 cm³/mol. The highest BCUT2D eigenvalue weighted by Crippen LogP contribution is 2.20. The smallest absolute Gasteiger partial charge is 0.274 e. The van der Waals surface area contributed by atoms with Crippen LogP contribution in [0.1, 0.15) is 13.3 Å². The van der Waals surface area contributed by atoms with Crippen LogP contribution >= 0.6 is 11.3 Å². The largest absolute Gasteiger partial charge is 0.473 e. The number of carbonyl (C=O) groups is 1. The molecule has 0 spiro atoms. The van der Waals surface area contributed by atoms with Crippen molar-refractivity contribution in [1.29, 1.82) is 0 Å². The van der Waals surface area contributed by atoms with Gasteiger partial charge in [0, 0.05) is 11.8 Å². The number of nitrogens with zero attached hydrogens (tertiary/aromatic N) is 1. The van der Waals surface area contributed by atoms with Crippen molar-refractivity contribution in [2.24, 2.45) is 0 Å². The molecule has 1 N–H and O–H groups in total. The summed E-state index contributed by atoms with van der Waals surface area (Å²) in [6.45, 7) is 1.79. The van der Waals surface area contributed by atoms with Gasteiger partial charge in [0.2, 0.25) is 5.91 Å². The van der Waals surface area contributed by atoms with Crippen LogP contribution in [0.15, 0.2) is 5.38 Å². The second-order valence-corrected chi connectivity index (χ2v) is 2.93. The third-order valence-electron chi connectivity index (χ3n) is 1.25. The first-order chi connectivity index (χ1) is 5.76. The molecule has 1 aromatic rings. The molecule has 1 heterocycles. The molecule has 0 aromatic carbocycles. The summed E-state index contributed by atoms with van der Waals surface area (Å²) < 4.78 is 4.87. The number of thiazole rings is 1. The molecular weight excluding hydrogens is 176 g/mol. The Morgan fingerprint density at radius 1 is 1.83 bits per heavy atom. The summed E-state index contributed by atoms with van der Waals surface area (Å²) in [7, 11) is 1.55. The Balaban J connectivity index is 2.58. The molecule has 0 fully saturated rings. The maximum atomic E-state index is 10.9. The molecule has 0 aliphatic rings. The van der Waals surface area contributed by atoms with Crippen molar-refractivity contribution >= 4 is 23.1 Å². The summed E-state index contributed by atoms with van der Waals surface area (Å²) >= 11 is 1.35. The molecule has 1 rings (SSSR count). The molecule has 12 heavy (non-hydrogen) atoms. The number of ether oxygens (including phenoxy) is 1. The Kier molecular flexibility index (Phi) is 3.04. The summed E-state index contributed by atoms with van der Waals surface area (Å²) in [6.07, 6.45) is 0.458. The van der Waals surface area contributed by atoms with Gasteiger partial charge in [0.15, 0.2) is 0 Å². The highest BCUT2D eigenvalue weighted by Gasteiger charge is 2.03. The van der Waals surface area contributed by atoms with E-state index in [1.54, 1.807) is 19.4 Å². The second-order valence-electron chi connectivity index (χ2n) is 2.10. The zero-order chi connectivity index (χ0) is 8.97. The highest BCUT2D eigenvalue weighted by atomic mass is 32.1. The molecular formula is C7H10N2O2S. The molecule has 0 unspecified atom stereocenters. The van der Waals surface area contributed by atoms with E-state index in [-0.39, 0.29) is 5.91 Å². The van der Waals surface area contributed by atoms with Gasteiger partial charge in [0.05, 0.1) is 7.11 Å². The van der Waals surface area contributed by atoms with E-state index < -0.39 is 0 Å². The molecule has 0 radical (unpaired) electrons. The molecule has 0 atom stereocenters. The molecule has 1 aromatic heterocycles. The first-order valence-corrected chi connectivity index (χ1v) is 4.43. The zero-order valence-electron chi connectivity index (χ0n) is 6.96. The third kappa shape index (κ3) is 2.20. The van der Waals surface area contributed by atoms with Gasteiger partial charge in [-0.15, -0.1) is 0 Å². The number of methoxy groups -OCH3 is 1. The van der Waals surface area contributed by atoms with Crippen molar-refractivity contribution in [3.8, 4) is 5.19 Å². The number of hydrogen-bond acceptors (Lipinski definition) is 4. The van der Waals surface area contributed by atoms with Gasteiger partial charge in [0.25, 0.3) is 5.19 Å². The van der Waals surface area contributed by atoms with E-state index >= 15 is 0 Å². The Morgan fingerprint density at radius 2 is 2.58 bits per heavy atom. The van der Waals surface area contributed by atoms with E-state index in [2.05, 4.69) is 10.3 Å². The fourth-order valence-corrected chi connectivity index (χ4v) is 1.21. The number of nitrogens with one attached hydrogen (secondary N) is 1. The van der Waals surface area contributed by atoms with E-state index in [1.807, 2.05) is 0 Å².